The number of carbonyl (C=O) groups is 2. The molecule has 0 aromatic heterocycles. The number of nitrogens with zero attached hydrogens (tertiary/aromatic N) is 2. The lowest BCUT2D eigenvalue weighted by Crippen LogP contribution is -2.63. The topological polar surface area (TPSA) is 40.6 Å². The SMILES string of the molecule is CC(C)(C)N1CCN(C(C)(C)C)C(=O)C1=O. The highest BCUT2D eigenvalue weighted by Gasteiger charge is 2.41. The maximum absolute atomic E-state index is 12.0. The first kappa shape index (κ1) is 13.0. The van der Waals surface area contributed by atoms with Gasteiger partial charge in [0, 0.05) is 24.2 Å². The van der Waals surface area contributed by atoms with E-state index < -0.39 is 0 Å². The molecule has 0 spiro atoms. The summed E-state index contributed by atoms with van der Waals surface area (Å²) in [4.78, 5) is 27.2. The van der Waals surface area contributed by atoms with E-state index in [1.165, 1.54) is 0 Å². The van der Waals surface area contributed by atoms with Crippen LogP contribution in [0.5, 0.6) is 0 Å². The Morgan fingerprint density at radius 2 is 1.00 bits per heavy atom. The fourth-order valence-corrected chi connectivity index (χ4v) is 1.91. The van der Waals surface area contributed by atoms with Gasteiger partial charge in [-0.15, -0.1) is 0 Å². The van der Waals surface area contributed by atoms with Crippen molar-refractivity contribution in [1.29, 1.82) is 0 Å². The van der Waals surface area contributed by atoms with Crippen LogP contribution in [0.4, 0.5) is 0 Å². The lowest BCUT2D eigenvalue weighted by molar-refractivity contribution is -0.163. The van der Waals surface area contributed by atoms with E-state index in [2.05, 4.69) is 0 Å². The average molecular weight is 226 g/mol. The van der Waals surface area contributed by atoms with E-state index in [0.29, 0.717) is 13.1 Å². The van der Waals surface area contributed by atoms with E-state index in [9.17, 15) is 9.59 Å². The van der Waals surface area contributed by atoms with Crippen LogP contribution in [0.1, 0.15) is 41.5 Å². The maximum atomic E-state index is 12.0. The van der Waals surface area contributed by atoms with Crippen molar-refractivity contribution in [3.8, 4) is 0 Å². The quantitative estimate of drug-likeness (QED) is 0.583. The van der Waals surface area contributed by atoms with Crippen molar-refractivity contribution in [2.75, 3.05) is 13.1 Å². The third-order valence-electron chi connectivity index (χ3n) is 2.84. The number of piperazine rings is 1. The molecule has 0 unspecified atom stereocenters. The summed E-state index contributed by atoms with van der Waals surface area (Å²) in [5.41, 5.74) is -0.562. The van der Waals surface area contributed by atoms with Crippen LogP contribution in [0.2, 0.25) is 0 Å². The molecule has 0 aliphatic carbocycles. The fraction of sp³-hybridized carbons (Fsp3) is 0.833. The van der Waals surface area contributed by atoms with Crippen LogP contribution in [-0.2, 0) is 9.59 Å². The van der Waals surface area contributed by atoms with E-state index in [1.807, 2.05) is 41.5 Å². The lowest BCUT2D eigenvalue weighted by atomic mass is 10.0. The predicted octanol–water partition coefficient (Wildman–Crippen LogP) is 1.25. The molecule has 0 N–H and O–H groups in total. The molecule has 0 aromatic carbocycles. The highest BCUT2D eigenvalue weighted by Crippen LogP contribution is 2.22. The van der Waals surface area contributed by atoms with E-state index >= 15 is 0 Å². The molecule has 4 nitrogen and oxygen atoms in total. The number of carbonyl (C=O) groups excluding carboxylic acids is 2. The van der Waals surface area contributed by atoms with Crippen LogP contribution in [0, 0.1) is 0 Å². The van der Waals surface area contributed by atoms with E-state index in [1.54, 1.807) is 9.80 Å². The molecular formula is C12H22N2O2. The molecule has 1 saturated heterocycles. The first-order valence-corrected chi connectivity index (χ1v) is 5.69. The van der Waals surface area contributed by atoms with Gasteiger partial charge in [-0.25, -0.2) is 0 Å². The summed E-state index contributed by atoms with van der Waals surface area (Å²) in [7, 11) is 0. The van der Waals surface area contributed by atoms with Crippen molar-refractivity contribution in [3.63, 3.8) is 0 Å². The van der Waals surface area contributed by atoms with Crippen LogP contribution < -0.4 is 0 Å². The van der Waals surface area contributed by atoms with Crippen molar-refractivity contribution in [3.05, 3.63) is 0 Å². The first-order valence-electron chi connectivity index (χ1n) is 5.69. The predicted molar refractivity (Wildman–Crippen MR) is 62.9 cm³/mol. The number of hydrogen-bond acceptors (Lipinski definition) is 2. The largest absolute Gasteiger partial charge is 0.328 e. The van der Waals surface area contributed by atoms with Gasteiger partial charge in [0.1, 0.15) is 0 Å². The Labute approximate surface area is 97.6 Å². The Morgan fingerprint density at radius 3 is 1.19 bits per heavy atom. The molecule has 1 heterocycles. The van der Waals surface area contributed by atoms with Crippen molar-refractivity contribution in [2.24, 2.45) is 0 Å². The van der Waals surface area contributed by atoms with Gasteiger partial charge in [0.25, 0.3) is 0 Å². The summed E-state index contributed by atoms with van der Waals surface area (Å²) in [5.74, 6) is -0.762. The molecule has 0 atom stereocenters. The summed E-state index contributed by atoms with van der Waals surface area (Å²) in [6.07, 6.45) is 0. The molecule has 1 fully saturated rings. The molecule has 0 radical (unpaired) electrons. The third-order valence-corrected chi connectivity index (χ3v) is 2.84. The molecule has 0 aromatic rings. The van der Waals surface area contributed by atoms with Gasteiger partial charge in [-0.1, -0.05) is 0 Å². The second kappa shape index (κ2) is 3.75. The lowest BCUT2D eigenvalue weighted by Gasteiger charge is -2.45. The van der Waals surface area contributed by atoms with Crippen LogP contribution in [0.15, 0.2) is 0 Å². The molecule has 1 rings (SSSR count). The second-order valence-electron chi connectivity index (χ2n) is 6.26. The average Bonchev–Trinajstić information content (AvgIpc) is 2.05. The monoisotopic (exact) mass is 226 g/mol. The van der Waals surface area contributed by atoms with Crippen LogP contribution in [0.3, 0.4) is 0 Å². The zero-order chi connectivity index (χ0) is 12.7. The summed E-state index contributed by atoms with van der Waals surface area (Å²) in [5, 5.41) is 0. The van der Waals surface area contributed by atoms with Gasteiger partial charge in [-0.3, -0.25) is 9.59 Å². The molecule has 2 amide bonds. The van der Waals surface area contributed by atoms with Gasteiger partial charge in [0.2, 0.25) is 0 Å². The van der Waals surface area contributed by atoms with Gasteiger partial charge in [-0.05, 0) is 41.5 Å². The Bertz CT molecular complexity index is 278. The van der Waals surface area contributed by atoms with Gasteiger partial charge < -0.3 is 9.80 Å². The molecule has 16 heavy (non-hydrogen) atoms. The Hall–Kier alpha value is -1.06. The summed E-state index contributed by atoms with van der Waals surface area (Å²) >= 11 is 0. The third kappa shape index (κ3) is 2.36. The molecule has 1 aliphatic rings. The first-order chi connectivity index (χ1) is 7.05. The molecule has 1 aliphatic heterocycles. The fourth-order valence-electron chi connectivity index (χ4n) is 1.91. The maximum Gasteiger partial charge on any atom is 0.312 e. The molecule has 92 valence electrons. The molecular weight excluding hydrogens is 204 g/mol. The van der Waals surface area contributed by atoms with E-state index in [4.69, 9.17) is 0 Å². The summed E-state index contributed by atoms with van der Waals surface area (Å²) < 4.78 is 0. The Morgan fingerprint density at radius 1 is 0.750 bits per heavy atom. The minimum absolute atomic E-state index is 0.281. The van der Waals surface area contributed by atoms with Crippen molar-refractivity contribution in [1.82, 2.24) is 9.80 Å². The summed E-state index contributed by atoms with van der Waals surface area (Å²) in [6.45, 7) is 12.9. The molecule has 4 heteroatoms. The summed E-state index contributed by atoms with van der Waals surface area (Å²) in [6, 6.07) is 0. The highest BCUT2D eigenvalue weighted by molar-refractivity contribution is 6.35. The smallest absolute Gasteiger partial charge is 0.312 e. The van der Waals surface area contributed by atoms with Crippen LogP contribution in [0.25, 0.3) is 0 Å². The Balaban J connectivity index is 2.90. The highest BCUT2D eigenvalue weighted by atomic mass is 16.2. The second-order valence-corrected chi connectivity index (χ2v) is 6.26. The van der Waals surface area contributed by atoms with Gasteiger partial charge in [-0.2, -0.15) is 0 Å². The van der Waals surface area contributed by atoms with E-state index in [-0.39, 0.29) is 22.9 Å². The van der Waals surface area contributed by atoms with Gasteiger partial charge in [0.15, 0.2) is 0 Å². The van der Waals surface area contributed by atoms with Crippen LogP contribution in [-0.4, -0.2) is 45.8 Å². The number of hydrogen-bond donors (Lipinski definition) is 0. The standard InChI is InChI=1S/C12H22N2O2/c1-11(2,3)13-7-8-14(12(4,5)6)10(16)9(13)15/h7-8H2,1-6H3. The van der Waals surface area contributed by atoms with Gasteiger partial charge >= 0.3 is 11.8 Å². The van der Waals surface area contributed by atoms with Crippen LogP contribution >= 0.6 is 0 Å². The zero-order valence-corrected chi connectivity index (χ0v) is 11.1. The minimum Gasteiger partial charge on any atom is -0.328 e. The van der Waals surface area contributed by atoms with Crippen molar-refractivity contribution < 1.29 is 9.59 Å². The van der Waals surface area contributed by atoms with Crippen molar-refractivity contribution in [2.45, 2.75) is 52.6 Å². The number of amides is 2. The van der Waals surface area contributed by atoms with E-state index in [0.717, 1.165) is 0 Å². The van der Waals surface area contributed by atoms with Gasteiger partial charge in [0.05, 0.1) is 0 Å². The molecule has 0 saturated carbocycles. The number of rotatable bonds is 0. The van der Waals surface area contributed by atoms with Crippen molar-refractivity contribution >= 4 is 11.8 Å². The normalized spacial score (nSPS) is 19.4. The molecule has 0 bridgehead atoms. The minimum atomic E-state index is -0.381. The Kier molecular flexibility index (Phi) is 3.05. The zero-order valence-electron chi connectivity index (χ0n) is 11.1.